The van der Waals surface area contributed by atoms with Gasteiger partial charge in [0.1, 0.15) is 11.8 Å². The van der Waals surface area contributed by atoms with Gasteiger partial charge < -0.3 is 14.8 Å². The van der Waals surface area contributed by atoms with Crippen LogP contribution in [-0.4, -0.2) is 49.1 Å². The van der Waals surface area contributed by atoms with Crippen molar-refractivity contribution >= 4 is 11.9 Å². The summed E-state index contributed by atoms with van der Waals surface area (Å²) >= 11 is 0. The summed E-state index contributed by atoms with van der Waals surface area (Å²) in [5, 5.41) is 2.82. The van der Waals surface area contributed by atoms with Crippen LogP contribution < -0.4 is 10.1 Å². The Labute approximate surface area is 136 Å². The van der Waals surface area contributed by atoms with Crippen LogP contribution in [0.4, 0.5) is 0 Å². The number of amides is 1. The summed E-state index contributed by atoms with van der Waals surface area (Å²) in [6, 6.07) is 7.27. The second-order valence-corrected chi connectivity index (χ2v) is 5.33. The Hall–Kier alpha value is -2.08. The van der Waals surface area contributed by atoms with Gasteiger partial charge in [-0.05, 0) is 19.9 Å². The van der Waals surface area contributed by atoms with E-state index in [4.69, 9.17) is 9.47 Å². The molecule has 0 aliphatic carbocycles. The highest BCUT2D eigenvalue weighted by Crippen LogP contribution is 2.22. The van der Waals surface area contributed by atoms with E-state index >= 15 is 0 Å². The van der Waals surface area contributed by atoms with Crippen LogP contribution in [0.5, 0.6) is 5.75 Å². The van der Waals surface area contributed by atoms with E-state index in [0.717, 1.165) is 11.3 Å². The van der Waals surface area contributed by atoms with E-state index in [1.54, 1.807) is 6.92 Å². The van der Waals surface area contributed by atoms with E-state index in [0.29, 0.717) is 32.8 Å². The molecule has 0 aromatic heterocycles. The van der Waals surface area contributed by atoms with Gasteiger partial charge >= 0.3 is 5.97 Å². The first kappa shape index (κ1) is 17.3. The molecule has 1 aromatic carbocycles. The Kier molecular flexibility index (Phi) is 6.40. The first-order valence-corrected chi connectivity index (χ1v) is 8.03. The quantitative estimate of drug-likeness (QED) is 0.768. The lowest BCUT2D eigenvalue weighted by molar-refractivity contribution is -0.148. The summed E-state index contributed by atoms with van der Waals surface area (Å²) in [4.78, 5) is 25.9. The molecule has 6 heteroatoms. The van der Waals surface area contributed by atoms with Crippen LogP contribution in [0.25, 0.3) is 0 Å². The molecule has 0 bridgehead atoms. The van der Waals surface area contributed by atoms with Crippen molar-refractivity contribution in [3.63, 3.8) is 0 Å². The first-order chi connectivity index (χ1) is 11.2. The lowest BCUT2D eigenvalue weighted by atomic mass is 10.1. The largest absolute Gasteiger partial charge is 0.494 e. The number of rotatable bonds is 7. The fourth-order valence-electron chi connectivity index (χ4n) is 2.70. The van der Waals surface area contributed by atoms with Crippen LogP contribution in [0.15, 0.2) is 24.3 Å². The highest BCUT2D eigenvalue weighted by Gasteiger charge is 2.32. The van der Waals surface area contributed by atoms with Crippen LogP contribution in [0.3, 0.4) is 0 Å². The maximum atomic E-state index is 12.2. The number of carbonyl (C=O) groups is 2. The van der Waals surface area contributed by atoms with Crippen LogP contribution in [-0.2, 0) is 20.9 Å². The van der Waals surface area contributed by atoms with Crippen LogP contribution >= 0.6 is 0 Å². The number of benzene rings is 1. The average Bonchev–Trinajstić information content (AvgIpc) is 2.53. The van der Waals surface area contributed by atoms with E-state index in [2.05, 4.69) is 5.32 Å². The monoisotopic (exact) mass is 320 g/mol. The minimum absolute atomic E-state index is 0.0659. The predicted molar refractivity (Wildman–Crippen MR) is 86.1 cm³/mol. The van der Waals surface area contributed by atoms with Gasteiger partial charge in [0.25, 0.3) is 0 Å². The topological polar surface area (TPSA) is 67.9 Å². The fourth-order valence-corrected chi connectivity index (χ4v) is 2.70. The van der Waals surface area contributed by atoms with Crippen LogP contribution in [0.1, 0.15) is 25.8 Å². The second-order valence-electron chi connectivity index (χ2n) is 5.33. The molecule has 1 heterocycles. The molecular formula is C17H24N2O4. The molecule has 1 fully saturated rings. The Morgan fingerprint density at radius 2 is 2.09 bits per heavy atom. The molecule has 0 radical (unpaired) electrons. The van der Waals surface area contributed by atoms with Crippen molar-refractivity contribution in [2.45, 2.75) is 32.9 Å². The van der Waals surface area contributed by atoms with E-state index in [1.807, 2.05) is 36.1 Å². The van der Waals surface area contributed by atoms with Crippen molar-refractivity contribution in [3.05, 3.63) is 29.8 Å². The summed E-state index contributed by atoms with van der Waals surface area (Å²) in [7, 11) is 0. The minimum atomic E-state index is -0.502. The fraction of sp³-hybridized carbons (Fsp3) is 0.529. The molecular weight excluding hydrogens is 296 g/mol. The van der Waals surface area contributed by atoms with Crippen molar-refractivity contribution < 1.29 is 19.1 Å². The number of ether oxygens (including phenoxy) is 2. The highest BCUT2D eigenvalue weighted by atomic mass is 16.5. The Morgan fingerprint density at radius 3 is 2.83 bits per heavy atom. The zero-order chi connectivity index (χ0) is 16.7. The van der Waals surface area contributed by atoms with Crippen molar-refractivity contribution in [2.24, 2.45) is 0 Å². The molecule has 1 N–H and O–H groups in total. The Morgan fingerprint density at radius 1 is 1.30 bits per heavy atom. The van der Waals surface area contributed by atoms with E-state index in [9.17, 15) is 9.59 Å². The predicted octanol–water partition coefficient (Wildman–Crippen LogP) is 1.34. The number of piperazine rings is 1. The number of nitrogens with one attached hydrogen (secondary N) is 1. The summed E-state index contributed by atoms with van der Waals surface area (Å²) in [6.45, 7) is 6.44. The van der Waals surface area contributed by atoms with Gasteiger partial charge in [0, 0.05) is 25.2 Å². The first-order valence-electron chi connectivity index (χ1n) is 8.03. The van der Waals surface area contributed by atoms with Gasteiger partial charge in [0.05, 0.1) is 19.6 Å². The molecule has 1 saturated heterocycles. The summed E-state index contributed by atoms with van der Waals surface area (Å²) < 4.78 is 10.6. The third-order valence-electron chi connectivity index (χ3n) is 3.75. The molecule has 126 valence electrons. The molecule has 1 unspecified atom stereocenters. The highest BCUT2D eigenvalue weighted by molar-refractivity contribution is 5.87. The van der Waals surface area contributed by atoms with Gasteiger partial charge in [0.15, 0.2) is 0 Å². The van der Waals surface area contributed by atoms with Crippen molar-refractivity contribution in [3.8, 4) is 5.75 Å². The van der Waals surface area contributed by atoms with Gasteiger partial charge in [-0.25, -0.2) is 0 Å². The molecule has 0 spiro atoms. The molecule has 6 nitrogen and oxygen atoms in total. The lowest BCUT2D eigenvalue weighted by Gasteiger charge is -2.34. The molecule has 2 rings (SSSR count). The second kappa shape index (κ2) is 8.53. The maximum Gasteiger partial charge on any atom is 0.307 e. The normalized spacial score (nSPS) is 18.3. The zero-order valence-corrected chi connectivity index (χ0v) is 13.7. The Balaban J connectivity index is 2.12. The third-order valence-corrected chi connectivity index (χ3v) is 3.75. The van der Waals surface area contributed by atoms with Crippen LogP contribution in [0.2, 0.25) is 0 Å². The summed E-state index contributed by atoms with van der Waals surface area (Å²) in [6.07, 6.45) is 0.0659. The van der Waals surface area contributed by atoms with Crippen LogP contribution in [0, 0.1) is 0 Å². The molecule has 0 saturated carbocycles. The van der Waals surface area contributed by atoms with E-state index in [1.165, 1.54) is 0 Å². The molecule has 1 aromatic rings. The van der Waals surface area contributed by atoms with Gasteiger partial charge in [-0.3, -0.25) is 14.5 Å². The van der Waals surface area contributed by atoms with Gasteiger partial charge in [-0.1, -0.05) is 18.2 Å². The number of hydrogen-bond acceptors (Lipinski definition) is 5. The molecule has 1 atom stereocenters. The number of esters is 1. The molecule has 1 aliphatic rings. The van der Waals surface area contributed by atoms with Gasteiger partial charge in [0.2, 0.25) is 5.91 Å². The number of hydrogen-bond donors (Lipinski definition) is 1. The number of para-hydroxylation sites is 1. The molecule has 1 aliphatic heterocycles. The molecule has 23 heavy (non-hydrogen) atoms. The zero-order valence-electron chi connectivity index (χ0n) is 13.7. The standard InChI is InChI=1S/C17H24N2O4/c1-3-22-15-8-6-5-7-13(15)12-19-10-9-18-17(21)14(19)11-16(20)23-4-2/h5-8,14H,3-4,9-12H2,1-2H3,(H,18,21). The van der Waals surface area contributed by atoms with Crippen molar-refractivity contribution in [2.75, 3.05) is 26.3 Å². The number of nitrogens with zero attached hydrogens (tertiary/aromatic N) is 1. The SMILES string of the molecule is CCOC(=O)CC1C(=O)NCCN1Cc1ccccc1OCC. The number of carbonyl (C=O) groups excluding carboxylic acids is 2. The minimum Gasteiger partial charge on any atom is -0.494 e. The van der Waals surface area contributed by atoms with E-state index < -0.39 is 6.04 Å². The summed E-state index contributed by atoms with van der Waals surface area (Å²) in [5.41, 5.74) is 1.01. The smallest absolute Gasteiger partial charge is 0.307 e. The van der Waals surface area contributed by atoms with Crippen molar-refractivity contribution in [1.29, 1.82) is 0 Å². The summed E-state index contributed by atoms with van der Waals surface area (Å²) in [5.74, 6) is 0.340. The van der Waals surface area contributed by atoms with Crippen molar-refractivity contribution in [1.82, 2.24) is 10.2 Å². The Bertz CT molecular complexity index is 547. The average molecular weight is 320 g/mol. The lowest BCUT2D eigenvalue weighted by Crippen LogP contribution is -2.55. The van der Waals surface area contributed by atoms with E-state index in [-0.39, 0.29) is 18.3 Å². The molecule has 1 amide bonds. The maximum absolute atomic E-state index is 12.2. The third kappa shape index (κ3) is 4.69. The van der Waals surface area contributed by atoms with Gasteiger partial charge in [-0.15, -0.1) is 0 Å². The van der Waals surface area contributed by atoms with Gasteiger partial charge in [-0.2, -0.15) is 0 Å².